The molecule has 1 aromatic carbocycles. The lowest BCUT2D eigenvalue weighted by molar-refractivity contribution is 0.558. The Morgan fingerprint density at radius 1 is 1.24 bits per heavy atom. The summed E-state index contributed by atoms with van der Waals surface area (Å²) in [6.07, 6.45) is 2.74. The first kappa shape index (κ1) is 15.3. The first-order valence-corrected chi connectivity index (χ1v) is 7.69. The molecule has 112 valence electrons. The Labute approximate surface area is 122 Å². The molecule has 0 bridgehead atoms. The molecule has 0 aliphatic heterocycles. The van der Waals surface area contributed by atoms with Gasteiger partial charge in [0.15, 0.2) is 0 Å². The quantitative estimate of drug-likeness (QED) is 0.862. The van der Waals surface area contributed by atoms with Crippen molar-refractivity contribution in [2.75, 3.05) is 5.73 Å². The summed E-state index contributed by atoms with van der Waals surface area (Å²) in [7, 11) is -3.71. The molecule has 0 saturated carbocycles. The third-order valence-corrected chi connectivity index (χ3v) is 4.31. The fraction of sp³-hybridized carbons (Fsp3) is 0.231. The first-order valence-electron chi connectivity index (χ1n) is 6.21. The number of nitrogens with one attached hydrogen (secondary N) is 1. The van der Waals surface area contributed by atoms with Crippen LogP contribution < -0.4 is 10.5 Å². The Morgan fingerprint density at radius 2 is 1.81 bits per heavy atom. The van der Waals surface area contributed by atoms with Gasteiger partial charge in [0.1, 0.15) is 10.7 Å². The maximum absolute atomic E-state index is 12.8. The van der Waals surface area contributed by atoms with Crippen LogP contribution >= 0.6 is 0 Å². The molecule has 0 saturated heterocycles. The minimum Gasteiger partial charge on any atom is -0.368 e. The minimum atomic E-state index is -3.71. The Bertz CT molecular complexity index is 702. The average Bonchev–Trinajstić information content (AvgIpc) is 2.41. The molecule has 8 heteroatoms. The number of halogens is 1. The van der Waals surface area contributed by atoms with Gasteiger partial charge < -0.3 is 5.73 Å². The van der Waals surface area contributed by atoms with Crippen molar-refractivity contribution < 1.29 is 12.8 Å². The Kier molecular flexibility index (Phi) is 4.49. The van der Waals surface area contributed by atoms with Gasteiger partial charge in [-0.25, -0.2) is 27.5 Å². The molecular formula is C13H15FN4O2S. The van der Waals surface area contributed by atoms with Crippen LogP contribution in [0.25, 0.3) is 0 Å². The van der Waals surface area contributed by atoms with Crippen LogP contribution in [0.15, 0.2) is 41.6 Å². The average molecular weight is 310 g/mol. The van der Waals surface area contributed by atoms with E-state index < -0.39 is 10.0 Å². The van der Waals surface area contributed by atoms with Crippen molar-refractivity contribution in [1.29, 1.82) is 0 Å². The van der Waals surface area contributed by atoms with E-state index in [0.717, 1.165) is 18.0 Å². The number of rotatable bonds is 5. The van der Waals surface area contributed by atoms with E-state index in [1.807, 2.05) is 0 Å². The monoisotopic (exact) mass is 310 g/mol. The fourth-order valence-electron chi connectivity index (χ4n) is 1.81. The molecule has 0 fully saturated rings. The summed E-state index contributed by atoms with van der Waals surface area (Å²) in [5.74, 6) is -0.320. The number of nitrogen functional groups attached to an aromatic ring is 1. The first-order chi connectivity index (χ1) is 9.87. The number of nitrogens with two attached hydrogens (primary N) is 1. The molecule has 1 aromatic heterocycles. The fourth-order valence-corrected chi connectivity index (χ4v) is 2.95. The largest absolute Gasteiger partial charge is 0.368 e. The Balaban J connectivity index is 2.05. The van der Waals surface area contributed by atoms with E-state index in [-0.39, 0.29) is 22.7 Å². The van der Waals surface area contributed by atoms with Crippen LogP contribution in [0.1, 0.15) is 12.5 Å². The third kappa shape index (κ3) is 4.20. The molecule has 0 amide bonds. The van der Waals surface area contributed by atoms with Gasteiger partial charge in [-0.05, 0) is 31.0 Å². The molecule has 3 N–H and O–H groups in total. The maximum Gasteiger partial charge on any atom is 0.243 e. The number of aromatic nitrogens is 2. The summed E-state index contributed by atoms with van der Waals surface area (Å²) in [4.78, 5) is 7.25. The van der Waals surface area contributed by atoms with E-state index in [0.29, 0.717) is 6.42 Å². The van der Waals surface area contributed by atoms with E-state index in [2.05, 4.69) is 14.7 Å². The van der Waals surface area contributed by atoms with Crippen LogP contribution in [0.2, 0.25) is 0 Å². The Morgan fingerprint density at radius 3 is 2.38 bits per heavy atom. The zero-order chi connectivity index (χ0) is 15.5. The smallest absolute Gasteiger partial charge is 0.243 e. The number of nitrogens with zero attached hydrogens (tertiary/aromatic N) is 2. The van der Waals surface area contributed by atoms with Gasteiger partial charge in [0, 0.05) is 6.04 Å². The number of hydrogen-bond donors (Lipinski definition) is 2. The molecular weight excluding hydrogens is 295 g/mol. The van der Waals surface area contributed by atoms with Crippen molar-refractivity contribution in [2.24, 2.45) is 0 Å². The summed E-state index contributed by atoms with van der Waals surface area (Å²) < 4.78 is 39.5. The van der Waals surface area contributed by atoms with Crippen molar-refractivity contribution in [3.63, 3.8) is 0 Å². The number of hydrogen-bond acceptors (Lipinski definition) is 5. The normalized spacial score (nSPS) is 13.0. The third-order valence-electron chi connectivity index (χ3n) is 2.77. The van der Waals surface area contributed by atoms with Gasteiger partial charge in [-0.2, -0.15) is 0 Å². The summed E-state index contributed by atoms with van der Waals surface area (Å²) in [6, 6.07) is 5.55. The van der Waals surface area contributed by atoms with Gasteiger partial charge in [0.25, 0.3) is 0 Å². The maximum atomic E-state index is 12.8. The second-order valence-corrected chi connectivity index (χ2v) is 6.34. The molecule has 1 atom stereocenters. The van der Waals surface area contributed by atoms with E-state index in [1.54, 1.807) is 19.1 Å². The summed E-state index contributed by atoms with van der Waals surface area (Å²) >= 11 is 0. The highest BCUT2D eigenvalue weighted by Crippen LogP contribution is 2.10. The van der Waals surface area contributed by atoms with E-state index in [9.17, 15) is 12.8 Å². The molecule has 2 aromatic rings. The number of benzene rings is 1. The molecule has 6 nitrogen and oxygen atoms in total. The topological polar surface area (TPSA) is 98.0 Å². The molecule has 0 aliphatic rings. The van der Waals surface area contributed by atoms with Crippen LogP contribution in [0.3, 0.4) is 0 Å². The van der Waals surface area contributed by atoms with Crippen molar-refractivity contribution in [3.05, 3.63) is 48.0 Å². The summed E-state index contributed by atoms with van der Waals surface area (Å²) in [6.45, 7) is 1.72. The Hall–Kier alpha value is -2.06. The SMILES string of the molecule is CC(Cc1ccc(F)cc1)NS(=O)(=O)c1cnc(N)nc1. The van der Waals surface area contributed by atoms with Crippen LogP contribution in [0, 0.1) is 5.82 Å². The highest BCUT2D eigenvalue weighted by molar-refractivity contribution is 7.89. The van der Waals surface area contributed by atoms with Crippen LogP contribution in [0.5, 0.6) is 0 Å². The molecule has 2 rings (SSSR count). The molecule has 0 aliphatic carbocycles. The predicted octanol–water partition coefficient (Wildman–Crippen LogP) is 1.11. The summed E-state index contributed by atoms with van der Waals surface area (Å²) in [5, 5.41) is 0. The number of anilines is 1. The lowest BCUT2D eigenvalue weighted by Gasteiger charge is -2.14. The van der Waals surface area contributed by atoms with Crippen LogP contribution in [-0.4, -0.2) is 24.4 Å². The second-order valence-electron chi connectivity index (χ2n) is 4.63. The second kappa shape index (κ2) is 6.15. The highest BCUT2D eigenvalue weighted by atomic mass is 32.2. The van der Waals surface area contributed by atoms with Gasteiger partial charge in [-0.3, -0.25) is 0 Å². The van der Waals surface area contributed by atoms with Gasteiger partial charge in [-0.1, -0.05) is 12.1 Å². The van der Waals surface area contributed by atoms with E-state index in [1.165, 1.54) is 12.1 Å². The zero-order valence-corrected chi connectivity index (χ0v) is 12.1. The molecule has 1 unspecified atom stereocenters. The molecule has 0 spiro atoms. The van der Waals surface area contributed by atoms with Crippen LogP contribution in [-0.2, 0) is 16.4 Å². The van der Waals surface area contributed by atoms with E-state index >= 15 is 0 Å². The predicted molar refractivity (Wildman–Crippen MR) is 76.3 cm³/mol. The van der Waals surface area contributed by atoms with Crippen molar-refractivity contribution in [3.8, 4) is 0 Å². The van der Waals surface area contributed by atoms with Gasteiger partial charge in [-0.15, -0.1) is 0 Å². The highest BCUT2D eigenvalue weighted by Gasteiger charge is 2.18. The zero-order valence-electron chi connectivity index (χ0n) is 11.3. The van der Waals surface area contributed by atoms with Crippen molar-refractivity contribution in [1.82, 2.24) is 14.7 Å². The summed E-state index contributed by atoms with van der Waals surface area (Å²) in [5.41, 5.74) is 6.15. The van der Waals surface area contributed by atoms with Gasteiger partial charge >= 0.3 is 0 Å². The lowest BCUT2D eigenvalue weighted by Crippen LogP contribution is -2.34. The molecule has 1 heterocycles. The van der Waals surface area contributed by atoms with Crippen LogP contribution in [0.4, 0.5) is 10.3 Å². The standard InChI is InChI=1S/C13H15FN4O2S/c1-9(6-10-2-4-11(14)5-3-10)18-21(19,20)12-7-16-13(15)17-8-12/h2-5,7-9,18H,6H2,1H3,(H2,15,16,17). The van der Waals surface area contributed by atoms with Gasteiger partial charge in [0.2, 0.25) is 16.0 Å². The lowest BCUT2D eigenvalue weighted by atomic mass is 10.1. The van der Waals surface area contributed by atoms with Gasteiger partial charge in [0.05, 0.1) is 12.4 Å². The molecule has 0 radical (unpaired) electrons. The van der Waals surface area contributed by atoms with Crippen molar-refractivity contribution >= 4 is 16.0 Å². The minimum absolute atomic E-state index is 0.00770. The van der Waals surface area contributed by atoms with Crippen molar-refractivity contribution in [2.45, 2.75) is 24.3 Å². The number of sulfonamides is 1. The van der Waals surface area contributed by atoms with E-state index in [4.69, 9.17) is 5.73 Å². The molecule has 21 heavy (non-hydrogen) atoms.